The van der Waals surface area contributed by atoms with Crippen LogP contribution in [0.4, 0.5) is 5.69 Å². The molecule has 142 valence electrons. The Morgan fingerprint density at radius 3 is 2.56 bits per heavy atom. The molecule has 6 rings (SSSR count). The van der Waals surface area contributed by atoms with Crippen LogP contribution in [0.2, 0.25) is 0 Å². The van der Waals surface area contributed by atoms with Crippen molar-refractivity contribution in [2.45, 2.75) is 57.9 Å². The first-order valence-corrected chi connectivity index (χ1v) is 10.6. The number of carbonyl (C=O) groups is 1. The summed E-state index contributed by atoms with van der Waals surface area (Å²) in [6.07, 6.45) is 8.24. The van der Waals surface area contributed by atoms with Crippen LogP contribution >= 0.6 is 15.9 Å². The third kappa shape index (κ3) is 2.75. The normalized spacial score (nSPS) is 34.0. The van der Waals surface area contributed by atoms with Crippen LogP contribution in [-0.4, -0.2) is 20.7 Å². The molecule has 1 amide bonds. The fourth-order valence-corrected chi connectivity index (χ4v) is 6.56. The highest BCUT2D eigenvalue weighted by molar-refractivity contribution is 9.10. The van der Waals surface area contributed by atoms with Gasteiger partial charge in [-0.3, -0.25) is 4.79 Å². The molecule has 4 aliphatic carbocycles. The Hall–Kier alpha value is -1.69. The van der Waals surface area contributed by atoms with Gasteiger partial charge in [-0.25, -0.2) is 9.67 Å². The number of benzene rings is 1. The number of hydrogen-bond donors (Lipinski definition) is 1. The lowest BCUT2D eigenvalue weighted by Crippen LogP contribution is -2.60. The smallest absolute Gasteiger partial charge is 0.230 e. The van der Waals surface area contributed by atoms with Crippen LogP contribution < -0.4 is 5.32 Å². The molecule has 0 radical (unpaired) electrons. The molecular formula is C21H25BrN4O. The summed E-state index contributed by atoms with van der Waals surface area (Å²) in [6, 6.07) is 6.18. The Balaban J connectivity index is 1.46. The lowest BCUT2D eigenvalue weighted by atomic mass is 9.46. The maximum Gasteiger partial charge on any atom is 0.230 e. The van der Waals surface area contributed by atoms with Gasteiger partial charge in [-0.2, -0.15) is 0 Å². The summed E-state index contributed by atoms with van der Waals surface area (Å²) in [4.78, 5) is 17.8. The summed E-state index contributed by atoms with van der Waals surface area (Å²) in [7, 11) is 0. The molecule has 0 saturated heterocycles. The predicted molar refractivity (Wildman–Crippen MR) is 107 cm³/mol. The number of amides is 1. The Bertz CT molecular complexity index is 907. The summed E-state index contributed by atoms with van der Waals surface area (Å²) < 4.78 is 2.68. The van der Waals surface area contributed by atoms with Gasteiger partial charge in [0.1, 0.15) is 6.33 Å². The minimum Gasteiger partial charge on any atom is -0.326 e. The van der Waals surface area contributed by atoms with Crippen molar-refractivity contribution in [1.82, 2.24) is 14.8 Å². The molecule has 4 aliphatic rings. The highest BCUT2D eigenvalue weighted by Gasteiger charge is 2.61. The number of hydrogen-bond acceptors (Lipinski definition) is 3. The monoisotopic (exact) mass is 428 g/mol. The van der Waals surface area contributed by atoms with E-state index < -0.39 is 0 Å². The highest BCUT2D eigenvalue weighted by Crippen LogP contribution is 2.64. The third-order valence-corrected chi connectivity index (χ3v) is 7.59. The molecule has 5 nitrogen and oxygen atoms in total. The maximum atomic E-state index is 13.5. The highest BCUT2D eigenvalue weighted by atomic mass is 79.9. The van der Waals surface area contributed by atoms with Crippen LogP contribution in [0.3, 0.4) is 0 Å². The Morgan fingerprint density at radius 1 is 1.19 bits per heavy atom. The number of anilines is 1. The number of halogens is 1. The van der Waals surface area contributed by atoms with Crippen molar-refractivity contribution in [2.24, 2.45) is 17.3 Å². The van der Waals surface area contributed by atoms with E-state index in [1.54, 1.807) is 0 Å². The predicted octanol–water partition coefficient (Wildman–Crippen LogP) is 4.59. The number of nitrogens with zero attached hydrogens (tertiary/aromatic N) is 3. The van der Waals surface area contributed by atoms with Gasteiger partial charge in [-0.05, 0) is 103 Å². The Labute approximate surface area is 168 Å². The van der Waals surface area contributed by atoms with Gasteiger partial charge in [0.15, 0.2) is 0 Å². The molecule has 4 bridgehead atoms. The lowest BCUT2D eigenvalue weighted by Gasteiger charge is -2.60. The topological polar surface area (TPSA) is 59.8 Å². The maximum absolute atomic E-state index is 13.5. The van der Waals surface area contributed by atoms with Gasteiger partial charge in [0.2, 0.25) is 10.6 Å². The Morgan fingerprint density at radius 2 is 1.93 bits per heavy atom. The summed E-state index contributed by atoms with van der Waals surface area (Å²) in [5, 5.41) is 7.83. The zero-order valence-corrected chi connectivity index (χ0v) is 17.4. The summed E-state index contributed by atoms with van der Waals surface area (Å²) in [5.74, 6) is 1.42. The van der Waals surface area contributed by atoms with Crippen molar-refractivity contribution in [3.63, 3.8) is 0 Å². The van der Waals surface area contributed by atoms with Crippen LogP contribution in [0.1, 0.15) is 49.7 Å². The van der Waals surface area contributed by atoms with Gasteiger partial charge >= 0.3 is 0 Å². The van der Waals surface area contributed by atoms with E-state index in [-0.39, 0.29) is 16.9 Å². The van der Waals surface area contributed by atoms with Gasteiger partial charge in [0.25, 0.3) is 0 Å². The zero-order chi connectivity index (χ0) is 18.8. The van der Waals surface area contributed by atoms with E-state index in [9.17, 15) is 4.79 Å². The van der Waals surface area contributed by atoms with E-state index >= 15 is 0 Å². The van der Waals surface area contributed by atoms with Gasteiger partial charge < -0.3 is 5.32 Å². The van der Waals surface area contributed by atoms with E-state index in [2.05, 4.69) is 57.3 Å². The summed E-state index contributed by atoms with van der Waals surface area (Å²) in [6.45, 7) is 4.19. The van der Waals surface area contributed by atoms with Gasteiger partial charge in [0, 0.05) is 5.69 Å². The molecule has 27 heavy (non-hydrogen) atoms. The second-order valence-corrected chi connectivity index (χ2v) is 9.89. The molecule has 2 unspecified atom stereocenters. The van der Waals surface area contributed by atoms with Crippen LogP contribution in [0.25, 0.3) is 0 Å². The molecule has 4 fully saturated rings. The first-order chi connectivity index (χ1) is 12.9. The molecule has 1 N–H and O–H groups in total. The van der Waals surface area contributed by atoms with Crippen molar-refractivity contribution >= 4 is 27.5 Å². The molecule has 1 aromatic carbocycles. The molecule has 4 saturated carbocycles. The molecule has 6 heteroatoms. The van der Waals surface area contributed by atoms with Gasteiger partial charge in [-0.1, -0.05) is 6.07 Å². The second-order valence-electron chi connectivity index (χ2n) is 9.18. The molecule has 1 aromatic heterocycles. The number of rotatable bonds is 3. The van der Waals surface area contributed by atoms with Crippen molar-refractivity contribution in [1.29, 1.82) is 0 Å². The van der Waals surface area contributed by atoms with Crippen LogP contribution in [-0.2, 0) is 10.3 Å². The van der Waals surface area contributed by atoms with E-state index in [1.165, 1.54) is 17.5 Å². The van der Waals surface area contributed by atoms with E-state index in [4.69, 9.17) is 0 Å². The van der Waals surface area contributed by atoms with Gasteiger partial charge in [0.05, 0.1) is 11.0 Å². The van der Waals surface area contributed by atoms with E-state index in [1.807, 2.05) is 17.1 Å². The van der Waals surface area contributed by atoms with Crippen molar-refractivity contribution in [3.8, 4) is 0 Å². The largest absolute Gasteiger partial charge is 0.326 e. The van der Waals surface area contributed by atoms with E-state index in [0.29, 0.717) is 16.6 Å². The van der Waals surface area contributed by atoms with Crippen molar-refractivity contribution in [2.75, 3.05) is 5.32 Å². The molecule has 0 aliphatic heterocycles. The van der Waals surface area contributed by atoms with E-state index in [0.717, 1.165) is 37.8 Å². The molecular weight excluding hydrogens is 404 g/mol. The number of aryl methyl sites for hydroxylation is 2. The van der Waals surface area contributed by atoms with Crippen LogP contribution in [0.15, 0.2) is 29.3 Å². The van der Waals surface area contributed by atoms with Crippen LogP contribution in [0, 0.1) is 31.1 Å². The average molecular weight is 429 g/mol. The minimum absolute atomic E-state index is 0.0519. The van der Waals surface area contributed by atoms with Crippen molar-refractivity contribution in [3.05, 3.63) is 40.4 Å². The quantitative estimate of drug-likeness (QED) is 0.777. The standard InChI is InChI=1S/C21H25BrN4O/c1-13-3-4-17(5-14(13)2)24-18(27)20-7-15-6-16(8-20)10-21(9-15,11-20)26-12-23-19(22)25-26/h3-5,12,15-16H,6-11H2,1-2H3,(H,24,27)/t15-,16+,20?,21?. The lowest BCUT2D eigenvalue weighted by molar-refractivity contribution is -0.150. The molecule has 0 spiro atoms. The Kier molecular flexibility index (Phi) is 3.81. The minimum atomic E-state index is -0.276. The number of aromatic nitrogens is 3. The second kappa shape index (κ2) is 5.90. The average Bonchev–Trinajstić information content (AvgIpc) is 3.04. The summed E-state index contributed by atoms with van der Waals surface area (Å²) >= 11 is 3.39. The molecule has 4 atom stereocenters. The third-order valence-electron chi connectivity index (χ3n) is 7.23. The number of carbonyl (C=O) groups excluding carboxylic acids is 1. The number of nitrogens with one attached hydrogen (secondary N) is 1. The fourth-order valence-electron chi connectivity index (χ4n) is 6.30. The van der Waals surface area contributed by atoms with Gasteiger partial charge in [-0.15, -0.1) is 5.10 Å². The summed E-state index contributed by atoms with van der Waals surface area (Å²) in [5.41, 5.74) is 3.04. The fraction of sp³-hybridized carbons (Fsp3) is 0.571. The molecule has 1 heterocycles. The van der Waals surface area contributed by atoms with Crippen LogP contribution in [0.5, 0.6) is 0 Å². The van der Waals surface area contributed by atoms with Crippen molar-refractivity contribution < 1.29 is 4.79 Å². The first-order valence-electron chi connectivity index (χ1n) is 9.84. The zero-order valence-electron chi connectivity index (χ0n) is 15.8. The first kappa shape index (κ1) is 17.4. The molecule has 2 aromatic rings. The SMILES string of the molecule is Cc1ccc(NC(=O)C23C[C@H]4C[C@@H](C2)CC(n2cnc(Br)n2)(C4)C3)cc1C.